The van der Waals surface area contributed by atoms with Crippen LogP contribution >= 0.6 is 0 Å². The van der Waals surface area contributed by atoms with Crippen molar-refractivity contribution < 1.29 is 14.6 Å². The Hall–Kier alpha value is -2.19. The van der Waals surface area contributed by atoms with E-state index in [0.717, 1.165) is 0 Å². The Labute approximate surface area is 119 Å². The molecule has 1 atom stereocenters. The maximum atomic E-state index is 11.6. The second-order valence-electron chi connectivity index (χ2n) is 4.25. The lowest BCUT2D eigenvalue weighted by Gasteiger charge is -2.10. The van der Waals surface area contributed by atoms with Gasteiger partial charge in [0.05, 0.1) is 6.10 Å². The predicted octanol–water partition coefficient (Wildman–Crippen LogP) is 1.98. The van der Waals surface area contributed by atoms with Crippen molar-refractivity contribution in [3.63, 3.8) is 0 Å². The topological polar surface area (TPSA) is 70.6 Å². The maximum absolute atomic E-state index is 11.6. The average Bonchev–Trinajstić information content (AvgIpc) is 2.46. The molecule has 0 aromatic heterocycles. The fourth-order valence-corrected chi connectivity index (χ4v) is 1.49. The Bertz CT molecular complexity index is 451. The molecule has 0 saturated heterocycles. The number of hydrogen-bond donors (Lipinski definition) is 3. The van der Waals surface area contributed by atoms with E-state index in [0.29, 0.717) is 30.8 Å². The summed E-state index contributed by atoms with van der Waals surface area (Å²) in [4.78, 5) is 11.6. The lowest BCUT2D eigenvalue weighted by molar-refractivity contribution is 0.160. The van der Waals surface area contributed by atoms with E-state index in [1.807, 2.05) is 6.92 Å². The van der Waals surface area contributed by atoms with Crippen molar-refractivity contribution in [1.82, 2.24) is 5.32 Å². The first-order valence-corrected chi connectivity index (χ1v) is 6.55. The van der Waals surface area contributed by atoms with Gasteiger partial charge in [-0.15, -0.1) is 6.42 Å². The van der Waals surface area contributed by atoms with Crippen LogP contribution in [-0.2, 0) is 0 Å². The first kappa shape index (κ1) is 15.9. The van der Waals surface area contributed by atoms with E-state index < -0.39 is 0 Å². The second-order valence-corrected chi connectivity index (χ2v) is 4.25. The summed E-state index contributed by atoms with van der Waals surface area (Å²) in [5.74, 6) is 3.03. The number of aliphatic hydroxyl groups excluding tert-OH is 1. The van der Waals surface area contributed by atoms with Crippen molar-refractivity contribution in [1.29, 1.82) is 0 Å². The predicted molar refractivity (Wildman–Crippen MR) is 78.7 cm³/mol. The Kier molecular flexibility index (Phi) is 7.01. The highest BCUT2D eigenvalue weighted by molar-refractivity contribution is 5.89. The summed E-state index contributed by atoms with van der Waals surface area (Å²) in [5.41, 5.74) is 0.659. The van der Waals surface area contributed by atoms with E-state index in [1.165, 1.54) is 0 Å². The Morgan fingerprint density at radius 3 is 2.75 bits per heavy atom. The van der Waals surface area contributed by atoms with Crippen molar-refractivity contribution in [2.45, 2.75) is 25.9 Å². The number of anilines is 1. The molecule has 0 spiro atoms. The van der Waals surface area contributed by atoms with E-state index in [9.17, 15) is 9.90 Å². The number of benzene rings is 1. The van der Waals surface area contributed by atoms with E-state index >= 15 is 0 Å². The molecular formula is C15H20N2O3. The molecule has 2 amide bonds. The molecule has 5 nitrogen and oxygen atoms in total. The third-order valence-corrected chi connectivity index (χ3v) is 2.67. The minimum absolute atomic E-state index is 0.215. The monoisotopic (exact) mass is 276 g/mol. The Morgan fingerprint density at radius 1 is 1.45 bits per heavy atom. The van der Waals surface area contributed by atoms with Crippen LogP contribution in [0, 0.1) is 12.3 Å². The minimum Gasteiger partial charge on any atom is -0.481 e. The molecule has 5 heteroatoms. The van der Waals surface area contributed by atoms with Crippen LogP contribution in [0.15, 0.2) is 24.3 Å². The van der Waals surface area contributed by atoms with Gasteiger partial charge in [-0.2, -0.15) is 0 Å². The van der Waals surface area contributed by atoms with Crippen LogP contribution in [0.5, 0.6) is 5.75 Å². The SMILES string of the molecule is C#CCOc1ccc(NC(=O)NCCC(O)CC)cc1. The summed E-state index contributed by atoms with van der Waals surface area (Å²) in [6.45, 7) is 2.55. The van der Waals surface area contributed by atoms with Crippen LogP contribution in [0.4, 0.5) is 10.5 Å². The number of aliphatic hydroxyl groups is 1. The maximum Gasteiger partial charge on any atom is 0.319 e. The van der Waals surface area contributed by atoms with Gasteiger partial charge in [-0.1, -0.05) is 12.8 Å². The fourth-order valence-electron chi connectivity index (χ4n) is 1.49. The zero-order valence-corrected chi connectivity index (χ0v) is 11.6. The number of hydrogen-bond acceptors (Lipinski definition) is 3. The summed E-state index contributed by atoms with van der Waals surface area (Å²) in [6, 6.07) is 6.62. The highest BCUT2D eigenvalue weighted by Gasteiger charge is 2.04. The Morgan fingerprint density at radius 2 is 2.15 bits per heavy atom. The van der Waals surface area contributed by atoms with E-state index in [4.69, 9.17) is 11.2 Å². The normalized spacial score (nSPS) is 11.2. The van der Waals surface area contributed by atoms with Crippen LogP contribution in [0.1, 0.15) is 19.8 Å². The van der Waals surface area contributed by atoms with Crippen molar-refractivity contribution in [2.75, 3.05) is 18.5 Å². The molecule has 1 unspecified atom stereocenters. The number of amides is 2. The highest BCUT2D eigenvalue weighted by atomic mass is 16.5. The largest absolute Gasteiger partial charge is 0.481 e. The second kappa shape index (κ2) is 8.83. The van der Waals surface area contributed by atoms with Crippen LogP contribution in [0.3, 0.4) is 0 Å². The summed E-state index contributed by atoms with van der Waals surface area (Å²) in [6.07, 6.45) is 5.95. The van der Waals surface area contributed by atoms with Gasteiger partial charge in [0.2, 0.25) is 0 Å². The first-order chi connectivity index (χ1) is 9.65. The number of nitrogens with one attached hydrogen (secondary N) is 2. The molecule has 0 fully saturated rings. The third kappa shape index (κ3) is 6.12. The Balaban J connectivity index is 2.33. The van der Waals surface area contributed by atoms with E-state index in [-0.39, 0.29) is 18.7 Å². The molecule has 0 aliphatic carbocycles. The molecule has 1 aromatic rings. The van der Waals surface area contributed by atoms with Crippen molar-refractivity contribution in [3.8, 4) is 18.1 Å². The lowest BCUT2D eigenvalue weighted by Crippen LogP contribution is -2.31. The summed E-state index contributed by atoms with van der Waals surface area (Å²) in [5, 5.41) is 14.7. The van der Waals surface area contributed by atoms with Gasteiger partial charge in [0, 0.05) is 12.2 Å². The number of carbonyl (C=O) groups is 1. The number of ether oxygens (including phenoxy) is 1. The summed E-state index contributed by atoms with van der Waals surface area (Å²) >= 11 is 0. The van der Waals surface area contributed by atoms with Gasteiger partial charge in [0.15, 0.2) is 0 Å². The molecule has 0 aliphatic rings. The van der Waals surface area contributed by atoms with Crippen LogP contribution in [0.2, 0.25) is 0 Å². The number of carbonyl (C=O) groups excluding carboxylic acids is 1. The molecule has 0 radical (unpaired) electrons. The molecule has 0 aliphatic heterocycles. The smallest absolute Gasteiger partial charge is 0.319 e. The van der Waals surface area contributed by atoms with E-state index in [2.05, 4.69) is 16.6 Å². The zero-order chi connectivity index (χ0) is 14.8. The summed E-state index contributed by atoms with van der Waals surface area (Å²) < 4.78 is 5.23. The lowest BCUT2D eigenvalue weighted by atomic mass is 10.2. The summed E-state index contributed by atoms with van der Waals surface area (Å²) in [7, 11) is 0. The van der Waals surface area contributed by atoms with Gasteiger partial charge in [-0.3, -0.25) is 0 Å². The van der Waals surface area contributed by atoms with Crippen LogP contribution in [0.25, 0.3) is 0 Å². The molecule has 20 heavy (non-hydrogen) atoms. The molecule has 0 bridgehead atoms. The molecular weight excluding hydrogens is 256 g/mol. The average molecular weight is 276 g/mol. The highest BCUT2D eigenvalue weighted by Crippen LogP contribution is 2.15. The van der Waals surface area contributed by atoms with Gasteiger partial charge in [0.1, 0.15) is 12.4 Å². The quantitative estimate of drug-likeness (QED) is 0.667. The number of urea groups is 1. The molecule has 1 rings (SSSR count). The van der Waals surface area contributed by atoms with Gasteiger partial charge in [-0.05, 0) is 37.1 Å². The molecule has 3 N–H and O–H groups in total. The van der Waals surface area contributed by atoms with Crippen molar-refractivity contribution >= 4 is 11.7 Å². The minimum atomic E-state index is -0.372. The van der Waals surface area contributed by atoms with E-state index in [1.54, 1.807) is 24.3 Å². The van der Waals surface area contributed by atoms with Crippen molar-refractivity contribution in [3.05, 3.63) is 24.3 Å². The number of rotatable bonds is 7. The van der Waals surface area contributed by atoms with Crippen molar-refractivity contribution in [2.24, 2.45) is 0 Å². The van der Waals surface area contributed by atoms with Crippen LogP contribution in [-0.4, -0.2) is 30.4 Å². The molecule has 0 heterocycles. The fraction of sp³-hybridized carbons (Fsp3) is 0.400. The number of terminal acetylenes is 1. The standard InChI is InChI=1S/C15H20N2O3/c1-3-11-20-14-7-5-12(6-8-14)17-15(19)16-10-9-13(18)4-2/h1,5-8,13,18H,4,9-11H2,2H3,(H2,16,17,19). The first-order valence-electron chi connectivity index (χ1n) is 6.55. The third-order valence-electron chi connectivity index (χ3n) is 2.67. The zero-order valence-electron chi connectivity index (χ0n) is 11.6. The van der Waals surface area contributed by atoms with Gasteiger partial charge in [0.25, 0.3) is 0 Å². The van der Waals surface area contributed by atoms with Crippen LogP contribution < -0.4 is 15.4 Å². The molecule has 1 aromatic carbocycles. The van der Waals surface area contributed by atoms with Gasteiger partial charge >= 0.3 is 6.03 Å². The molecule has 108 valence electrons. The molecule has 0 saturated carbocycles. The van der Waals surface area contributed by atoms with Gasteiger partial charge < -0.3 is 20.5 Å². The van der Waals surface area contributed by atoms with Gasteiger partial charge in [-0.25, -0.2) is 4.79 Å².